The number of esters is 2. The van der Waals surface area contributed by atoms with Gasteiger partial charge in [0.25, 0.3) is 0 Å². The van der Waals surface area contributed by atoms with Crippen LogP contribution in [0, 0.1) is 0 Å². The van der Waals surface area contributed by atoms with Crippen molar-refractivity contribution in [3.05, 3.63) is 55.1 Å². The molecule has 2 N–H and O–H groups in total. The average molecular weight is 377 g/mol. The summed E-state index contributed by atoms with van der Waals surface area (Å²) in [7, 11) is 0. The number of aliphatic hydroxyl groups is 1. The van der Waals surface area contributed by atoms with Gasteiger partial charge in [0, 0.05) is 6.42 Å². The van der Waals surface area contributed by atoms with Crippen molar-refractivity contribution < 1.29 is 33.7 Å². The lowest BCUT2D eigenvalue weighted by atomic mass is 10.1. The van der Waals surface area contributed by atoms with Crippen LogP contribution in [0.2, 0.25) is 0 Å². The summed E-state index contributed by atoms with van der Waals surface area (Å²) in [5, 5.41) is 11.4. The van der Waals surface area contributed by atoms with Crippen molar-refractivity contribution in [1.29, 1.82) is 0 Å². The maximum Gasteiger partial charge on any atom is 0.413 e. The van der Waals surface area contributed by atoms with Crippen molar-refractivity contribution in [1.82, 2.24) is 5.32 Å². The summed E-state index contributed by atoms with van der Waals surface area (Å²) < 4.78 is 14.8. The monoisotopic (exact) mass is 377 g/mol. The second-order valence-electron chi connectivity index (χ2n) is 5.32. The molecule has 1 rings (SSSR count). The highest BCUT2D eigenvalue weighted by molar-refractivity contribution is 5.83. The summed E-state index contributed by atoms with van der Waals surface area (Å²) >= 11 is 0. The zero-order valence-electron chi connectivity index (χ0n) is 14.9. The van der Waals surface area contributed by atoms with Crippen LogP contribution < -0.4 is 10.1 Å². The van der Waals surface area contributed by atoms with Crippen LogP contribution in [0.4, 0.5) is 4.79 Å². The van der Waals surface area contributed by atoms with Gasteiger partial charge in [-0.25, -0.2) is 9.59 Å². The molecule has 0 heterocycles. The van der Waals surface area contributed by atoms with Gasteiger partial charge >= 0.3 is 18.0 Å². The van der Waals surface area contributed by atoms with E-state index in [1.54, 1.807) is 12.1 Å². The zero-order valence-corrected chi connectivity index (χ0v) is 14.9. The molecular formula is C19H23NO7. The minimum Gasteiger partial charge on any atom is -0.461 e. The molecule has 0 bridgehead atoms. The lowest BCUT2D eigenvalue weighted by Crippen LogP contribution is -2.43. The van der Waals surface area contributed by atoms with Gasteiger partial charge in [0.1, 0.15) is 25.0 Å². The van der Waals surface area contributed by atoms with Gasteiger partial charge in [-0.15, -0.1) is 0 Å². The van der Waals surface area contributed by atoms with E-state index < -0.39 is 24.1 Å². The normalized spacial score (nSPS) is 11.0. The van der Waals surface area contributed by atoms with E-state index in [1.165, 1.54) is 24.3 Å². The summed E-state index contributed by atoms with van der Waals surface area (Å²) in [6.07, 6.45) is 1.80. The number of aliphatic hydroxyl groups excluding tert-OH is 1. The fourth-order valence-electron chi connectivity index (χ4n) is 1.92. The molecule has 1 aromatic carbocycles. The van der Waals surface area contributed by atoms with Gasteiger partial charge in [-0.05, 0) is 24.1 Å². The second kappa shape index (κ2) is 12.3. The highest BCUT2D eigenvalue weighted by Gasteiger charge is 2.24. The Morgan fingerprint density at radius 1 is 1.07 bits per heavy atom. The number of hydrogen-bond acceptors (Lipinski definition) is 7. The first-order chi connectivity index (χ1) is 13.0. The van der Waals surface area contributed by atoms with Crippen LogP contribution in [0.15, 0.2) is 49.6 Å². The van der Waals surface area contributed by atoms with Crippen LogP contribution in [0.1, 0.15) is 18.4 Å². The summed E-state index contributed by atoms with van der Waals surface area (Å²) in [5.41, 5.74) is 0.659. The van der Waals surface area contributed by atoms with Crippen molar-refractivity contribution >= 4 is 18.0 Å². The molecule has 0 radical (unpaired) electrons. The van der Waals surface area contributed by atoms with E-state index in [1.807, 2.05) is 0 Å². The lowest BCUT2D eigenvalue weighted by molar-refractivity contribution is -0.146. The largest absolute Gasteiger partial charge is 0.461 e. The summed E-state index contributed by atoms with van der Waals surface area (Å²) in [4.78, 5) is 35.7. The van der Waals surface area contributed by atoms with Gasteiger partial charge in [0.15, 0.2) is 0 Å². The molecule has 1 atom stereocenters. The van der Waals surface area contributed by atoms with E-state index in [2.05, 4.69) is 18.5 Å². The quantitative estimate of drug-likeness (QED) is 0.447. The van der Waals surface area contributed by atoms with Crippen molar-refractivity contribution in [2.45, 2.75) is 25.5 Å². The Bertz CT molecular complexity index is 655. The first-order valence-corrected chi connectivity index (χ1v) is 8.22. The van der Waals surface area contributed by atoms with Crippen molar-refractivity contribution in [3.8, 4) is 5.75 Å². The van der Waals surface area contributed by atoms with Crippen LogP contribution in [0.25, 0.3) is 0 Å². The smallest absolute Gasteiger partial charge is 0.413 e. The molecule has 1 aromatic rings. The third-order valence-electron chi connectivity index (χ3n) is 3.24. The lowest BCUT2D eigenvalue weighted by Gasteiger charge is -2.17. The average Bonchev–Trinajstić information content (AvgIpc) is 2.68. The first-order valence-electron chi connectivity index (χ1n) is 8.22. The molecule has 0 fully saturated rings. The fraction of sp³-hybridized carbons (Fsp3) is 0.316. The van der Waals surface area contributed by atoms with Crippen LogP contribution in [-0.2, 0) is 25.7 Å². The van der Waals surface area contributed by atoms with Crippen LogP contribution in [0.3, 0.4) is 0 Å². The molecule has 1 amide bonds. The minimum atomic E-state index is -1.09. The molecule has 0 aliphatic rings. The second-order valence-corrected chi connectivity index (χ2v) is 5.32. The van der Waals surface area contributed by atoms with Gasteiger partial charge in [-0.2, -0.15) is 0 Å². The number of carbonyl (C=O) groups is 3. The molecule has 0 saturated carbocycles. The van der Waals surface area contributed by atoms with E-state index in [-0.39, 0.29) is 38.4 Å². The maximum atomic E-state index is 12.1. The predicted molar refractivity (Wildman–Crippen MR) is 96.9 cm³/mol. The van der Waals surface area contributed by atoms with Gasteiger partial charge in [0.2, 0.25) is 0 Å². The number of amides is 1. The third-order valence-corrected chi connectivity index (χ3v) is 3.24. The van der Waals surface area contributed by atoms with E-state index in [9.17, 15) is 14.4 Å². The zero-order chi connectivity index (χ0) is 20.1. The number of hydrogen-bond donors (Lipinski definition) is 2. The van der Waals surface area contributed by atoms with Crippen LogP contribution in [-0.4, -0.2) is 42.4 Å². The Morgan fingerprint density at radius 2 is 1.70 bits per heavy atom. The minimum absolute atomic E-state index is 0.0233. The molecule has 0 aliphatic heterocycles. The molecule has 146 valence electrons. The summed E-state index contributed by atoms with van der Waals surface area (Å²) in [6.45, 7) is 6.77. The Morgan fingerprint density at radius 3 is 2.30 bits per heavy atom. The molecule has 0 aromatic heterocycles. The van der Waals surface area contributed by atoms with E-state index in [4.69, 9.17) is 19.3 Å². The van der Waals surface area contributed by atoms with Crippen molar-refractivity contribution in [2.24, 2.45) is 0 Å². The molecular weight excluding hydrogens is 354 g/mol. The number of nitrogens with one attached hydrogen (secondary N) is 1. The number of carbonyl (C=O) groups excluding carboxylic acids is 3. The number of benzene rings is 1. The van der Waals surface area contributed by atoms with E-state index in [0.717, 1.165) is 0 Å². The van der Waals surface area contributed by atoms with Crippen LogP contribution in [0.5, 0.6) is 5.75 Å². The molecule has 8 heteroatoms. The van der Waals surface area contributed by atoms with Gasteiger partial charge in [-0.1, -0.05) is 37.4 Å². The van der Waals surface area contributed by atoms with E-state index >= 15 is 0 Å². The Hall–Kier alpha value is -3.13. The molecule has 0 spiro atoms. The Balaban J connectivity index is 2.65. The maximum absolute atomic E-state index is 12.1. The van der Waals surface area contributed by atoms with Crippen molar-refractivity contribution in [2.75, 3.05) is 13.2 Å². The number of ether oxygens (including phenoxy) is 3. The Kier molecular flexibility index (Phi) is 9.95. The number of rotatable bonds is 11. The summed E-state index contributed by atoms with van der Waals surface area (Å²) in [5.74, 6) is -1.03. The SMILES string of the molecule is C=CCOC(=O)CC[C@H](NC(=O)Oc1ccc(CO)cc1)C(=O)OCC=C. The van der Waals surface area contributed by atoms with Gasteiger partial charge in [-0.3, -0.25) is 4.79 Å². The molecule has 27 heavy (non-hydrogen) atoms. The Labute approximate surface area is 157 Å². The first kappa shape index (κ1) is 21.9. The molecule has 8 nitrogen and oxygen atoms in total. The van der Waals surface area contributed by atoms with Gasteiger partial charge < -0.3 is 24.6 Å². The highest BCUT2D eigenvalue weighted by Crippen LogP contribution is 2.13. The third kappa shape index (κ3) is 8.68. The predicted octanol–water partition coefficient (Wildman–Crippen LogP) is 1.87. The standard InChI is InChI=1S/C19H23NO7/c1-3-11-25-17(22)10-9-16(18(23)26-12-4-2)20-19(24)27-15-7-5-14(13-21)6-8-15/h3-8,16,21H,1-2,9-13H2,(H,20,24)/t16-/m0/s1. The highest BCUT2D eigenvalue weighted by atomic mass is 16.6. The molecule has 0 unspecified atom stereocenters. The summed E-state index contributed by atoms with van der Waals surface area (Å²) in [6, 6.07) is 5.10. The van der Waals surface area contributed by atoms with E-state index in [0.29, 0.717) is 5.56 Å². The fourth-order valence-corrected chi connectivity index (χ4v) is 1.92. The molecule has 0 aliphatic carbocycles. The van der Waals surface area contributed by atoms with Crippen molar-refractivity contribution in [3.63, 3.8) is 0 Å². The molecule has 0 saturated heterocycles. The van der Waals surface area contributed by atoms with Crippen LogP contribution >= 0.6 is 0 Å². The van der Waals surface area contributed by atoms with Gasteiger partial charge in [0.05, 0.1) is 6.61 Å². The topological polar surface area (TPSA) is 111 Å².